The molecule has 0 radical (unpaired) electrons. The molecule has 9 heteroatoms. The van der Waals surface area contributed by atoms with Crippen molar-refractivity contribution >= 4 is 23.7 Å². The van der Waals surface area contributed by atoms with E-state index in [2.05, 4.69) is 22.7 Å². The highest BCUT2D eigenvalue weighted by Crippen LogP contribution is 2.30. The van der Waals surface area contributed by atoms with Crippen LogP contribution in [0.25, 0.3) is 11.3 Å². The largest absolute Gasteiger partial charge is 0.497 e. The van der Waals surface area contributed by atoms with Gasteiger partial charge in [-0.1, -0.05) is 48.5 Å². The van der Waals surface area contributed by atoms with Crippen molar-refractivity contribution < 1.29 is 23.6 Å². The summed E-state index contributed by atoms with van der Waals surface area (Å²) in [6.07, 6.45) is 0.931. The number of hydrogen-bond donors (Lipinski definition) is 2. The number of anilines is 1. The van der Waals surface area contributed by atoms with Crippen LogP contribution >= 0.6 is 0 Å². The number of aryl methyl sites for hydroxylation is 1. The van der Waals surface area contributed by atoms with Crippen molar-refractivity contribution in [2.45, 2.75) is 25.8 Å². The minimum Gasteiger partial charge on any atom is -0.497 e. The minimum atomic E-state index is -1.28. The third-order valence-electron chi connectivity index (χ3n) is 5.67. The van der Waals surface area contributed by atoms with Gasteiger partial charge in [-0.05, 0) is 36.6 Å². The van der Waals surface area contributed by atoms with Gasteiger partial charge in [0.1, 0.15) is 23.5 Å². The Bertz CT molecular complexity index is 1190. The highest BCUT2D eigenvalue weighted by molar-refractivity contribution is 6.10. The monoisotopic (exact) mass is 448 g/mol. The van der Waals surface area contributed by atoms with Crippen LogP contribution in [-0.4, -0.2) is 41.6 Å². The van der Waals surface area contributed by atoms with Gasteiger partial charge in [0.2, 0.25) is 11.8 Å². The first-order chi connectivity index (χ1) is 15.8. The molecule has 9 nitrogen and oxygen atoms in total. The number of rotatable bonds is 7. The molecule has 1 unspecified atom stereocenters. The van der Waals surface area contributed by atoms with Crippen LogP contribution < -0.4 is 15.4 Å². The summed E-state index contributed by atoms with van der Waals surface area (Å²) in [5.74, 6) is -0.355. The summed E-state index contributed by atoms with van der Waals surface area (Å²) in [5.41, 5.74) is 1.91. The van der Waals surface area contributed by atoms with Gasteiger partial charge < -0.3 is 14.6 Å². The number of benzene rings is 2. The van der Waals surface area contributed by atoms with Crippen molar-refractivity contribution in [3.63, 3.8) is 0 Å². The molecule has 1 saturated heterocycles. The molecule has 2 aromatic carbocycles. The third kappa shape index (κ3) is 4.30. The number of amides is 4. The first-order valence-corrected chi connectivity index (χ1v) is 10.5. The molecule has 2 N–H and O–H groups in total. The zero-order chi connectivity index (χ0) is 23.6. The van der Waals surface area contributed by atoms with Gasteiger partial charge >= 0.3 is 6.03 Å². The molecule has 2 heterocycles. The van der Waals surface area contributed by atoms with Crippen molar-refractivity contribution in [2.75, 3.05) is 19.0 Å². The molecule has 0 aliphatic carbocycles. The van der Waals surface area contributed by atoms with Crippen molar-refractivity contribution in [1.82, 2.24) is 15.4 Å². The second kappa shape index (κ2) is 8.78. The molecule has 1 fully saturated rings. The van der Waals surface area contributed by atoms with Crippen molar-refractivity contribution in [3.8, 4) is 17.0 Å². The smallest absolute Gasteiger partial charge is 0.325 e. The lowest BCUT2D eigenvalue weighted by Gasteiger charge is -2.22. The predicted molar refractivity (Wildman–Crippen MR) is 121 cm³/mol. The summed E-state index contributed by atoms with van der Waals surface area (Å²) >= 11 is 0. The van der Waals surface area contributed by atoms with Crippen molar-refractivity contribution in [2.24, 2.45) is 0 Å². The van der Waals surface area contributed by atoms with E-state index >= 15 is 0 Å². The van der Waals surface area contributed by atoms with Crippen LogP contribution in [0.15, 0.2) is 59.1 Å². The van der Waals surface area contributed by atoms with Crippen LogP contribution in [-0.2, 0) is 21.5 Å². The van der Waals surface area contributed by atoms with Crippen LogP contribution in [0.1, 0.15) is 25.0 Å². The lowest BCUT2D eigenvalue weighted by atomic mass is 9.92. The lowest BCUT2D eigenvalue weighted by Crippen LogP contribution is -2.42. The molecule has 1 aliphatic heterocycles. The number of aromatic nitrogens is 1. The van der Waals surface area contributed by atoms with Crippen LogP contribution in [0, 0.1) is 0 Å². The molecule has 1 aromatic heterocycles. The molecule has 4 rings (SSSR count). The molecular weight excluding hydrogens is 424 g/mol. The Morgan fingerprint density at radius 3 is 2.48 bits per heavy atom. The first-order valence-electron chi connectivity index (χ1n) is 10.5. The Kier molecular flexibility index (Phi) is 5.87. The van der Waals surface area contributed by atoms with Gasteiger partial charge in [-0.25, -0.2) is 4.79 Å². The average molecular weight is 448 g/mol. The minimum absolute atomic E-state index is 0.125. The molecule has 1 atom stereocenters. The zero-order valence-electron chi connectivity index (χ0n) is 18.5. The summed E-state index contributed by atoms with van der Waals surface area (Å²) < 4.78 is 10.3. The van der Waals surface area contributed by atoms with E-state index in [1.807, 2.05) is 24.3 Å². The van der Waals surface area contributed by atoms with Gasteiger partial charge in [-0.15, -0.1) is 0 Å². The van der Waals surface area contributed by atoms with E-state index in [9.17, 15) is 14.4 Å². The summed E-state index contributed by atoms with van der Waals surface area (Å²) in [5, 5.41) is 9.19. The number of nitrogens with one attached hydrogen (secondary N) is 2. The van der Waals surface area contributed by atoms with Gasteiger partial charge in [0, 0.05) is 11.6 Å². The van der Waals surface area contributed by atoms with E-state index in [1.54, 1.807) is 44.4 Å². The summed E-state index contributed by atoms with van der Waals surface area (Å²) in [6.45, 7) is 3.21. The number of urea groups is 1. The van der Waals surface area contributed by atoms with Crippen LogP contribution in [0.5, 0.6) is 5.75 Å². The topological polar surface area (TPSA) is 114 Å². The van der Waals surface area contributed by atoms with E-state index < -0.39 is 29.9 Å². The second-order valence-electron chi connectivity index (χ2n) is 7.85. The highest BCUT2D eigenvalue weighted by atomic mass is 16.5. The molecular formula is C24H24N4O5. The Balaban J connectivity index is 1.42. The number of hydrogen-bond acceptors (Lipinski definition) is 6. The standard InChI is InChI=1S/C24H24N4O5/c1-4-15-5-7-16(8-6-15)19-13-21(33-27-19)25-20(29)14-28-22(30)24(2,26-23(28)31)17-9-11-18(32-3)12-10-17/h5-13H,4,14H2,1-3H3,(H,25,29)(H,26,31). The van der Waals surface area contributed by atoms with Crippen molar-refractivity contribution in [1.29, 1.82) is 0 Å². The Morgan fingerprint density at radius 1 is 1.15 bits per heavy atom. The SMILES string of the molecule is CCc1ccc(-c2cc(NC(=O)CN3C(=O)NC(C)(c4ccc(OC)cc4)C3=O)on2)cc1. The van der Waals surface area contributed by atoms with E-state index in [1.165, 1.54) is 5.56 Å². The van der Waals surface area contributed by atoms with Crippen molar-refractivity contribution in [3.05, 3.63) is 65.7 Å². The van der Waals surface area contributed by atoms with Gasteiger partial charge in [0.15, 0.2) is 0 Å². The predicted octanol–water partition coefficient (Wildman–Crippen LogP) is 3.32. The average Bonchev–Trinajstić information content (AvgIpc) is 3.38. The van der Waals surface area contributed by atoms with Crippen LogP contribution in [0.3, 0.4) is 0 Å². The Morgan fingerprint density at radius 2 is 1.85 bits per heavy atom. The van der Waals surface area contributed by atoms with Gasteiger partial charge in [0.25, 0.3) is 5.91 Å². The molecule has 170 valence electrons. The third-order valence-corrected chi connectivity index (χ3v) is 5.67. The number of methoxy groups -OCH3 is 1. The number of carbonyl (C=O) groups excluding carboxylic acids is 3. The van der Waals surface area contributed by atoms with Crippen LogP contribution in [0.4, 0.5) is 10.7 Å². The molecule has 0 spiro atoms. The van der Waals surface area contributed by atoms with E-state index in [4.69, 9.17) is 9.26 Å². The van der Waals surface area contributed by atoms with Gasteiger partial charge in [-0.3, -0.25) is 19.8 Å². The summed E-state index contributed by atoms with van der Waals surface area (Å²) in [6, 6.07) is 15.6. The normalized spacial score (nSPS) is 17.7. The van der Waals surface area contributed by atoms with E-state index in [-0.39, 0.29) is 5.88 Å². The molecule has 3 aromatic rings. The second-order valence-corrected chi connectivity index (χ2v) is 7.85. The fourth-order valence-electron chi connectivity index (χ4n) is 3.66. The molecule has 33 heavy (non-hydrogen) atoms. The fraction of sp³-hybridized carbons (Fsp3) is 0.250. The summed E-state index contributed by atoms with van der Waals surface area (Å²) in [4.78, 5) is 38.9. The first kappa shape index (κ1) is 22.1. The number of carbonyl (C=O) groups is 3. The quantitative estimate of drug-likeness (QED) is 0.536. The number of nitrogens with zero attached hydrogens (tertiary/aromatic N) is 2. The van der Waals surface area contributed by atoms with Gasteiger partial charge in [0.05, 0.1) is 7.11 Å². The van der Waals surface area contributed by atoms with E-state index in [0.29, 0.717) is 17.0 Å². The van der Waals surface area contributed by atoms with Crippen LogP contribution in [0.2, 0.25) is 0 Å². The molecule has 1 aliphatic rings. The number of ether oxygens (including phenoxy) is 1. The number of imide groups is 1. The highest BCUT2D eigenvalue weighted by Gasteiger charge is 2.49. The van der Waals surface area contributed by atoms with Gasteiger partial charge in [-0.2, -0.15) is 0 Å². The summed E-state index contributed by atoms with van der Waals surface area (Å²) in [7, 11) is 1.54. The Hall–Kier alpha value is -4.14. The zero-order valence-corrected chi connectivity index (χ0v) is 18.5. The maximum Gasteiger partial charge on any atom is 0.325 e. The maximum atomic E-state index is 13.0. The fourth-order valence-corrected chi connectivity index (χ4v) is 3.66. The Labute approximate surface area is 190 Å². The lowest BCUT2D eigenvalue weighted by molar-refractivity contribution is -0.133. The maximum absolute atomic E-state index is 13.0. The molecule has 0 saturated carbocycles. The molecule has 0 bridgehead atoms. The van der Waals surface area contributed by atoms with E-state index in [0.717, 1.165) is 16.9 Å². The molecule has 4 amide bonds.